The summed E-state index contributed by atoms with van der Waals surface area (Å²) in [6.07, 6.45) is 3.07. The first-order valence-electron chi connectivity index (χ1n) is 8.76. The number of hydrogen-bond donors (Lipinski definition) is 2. The topological polar surface area (TPSA) is 76.1 Å². The molecule has 25 heavy (non-hydrogen) atoms. The van der Waals surface area contributed by atoms with Crippen molar-refractivity contribution in [2.24, 2.45) is 0 Å². The molecule has 6 heteroatoms. The number of carbonyl (C=O) groups excluding carboxylic acids is 1. The van der Waals surface area contributed by atoms with Gasteiger partial charge < -0.3 is 15.4 Å². The van der Waals surface area contributed by atoms with Crippen LogP contribution >= 0.6 is 0 Å². The van der Waals surface area contributed by atoms with E-state index in [2.05, 4.69) is 33.6 Å². The summed E-state index contributed by atoms with van der Waals surface area (Å²) in [4.78, 5) is 21.1. The number of anilines is 2. The lowest BCUT2D eigenvalue weighted by Crippen LogP contribution is -2.32. The summed E-state index contributed by atoms with van der Waals surface area (Å²) < 4.78 is 5.53. The van der Waals surface area contributed by atoms with Crippen LogP contribution in [0.15, 0.2) is 30.3 Å². The molecule has 0 spiro atoms. The molecule has 0 radical (unpaired) electrons. The smallest absolute Gasteiger partial charge is 0.270 e. The van der Waals surface area contributed by atoms with Gasteiger partial charge >= 0.3 is 0 Å². The first kappa shape index (κ1) is 17.4. The largest absolute Gasteiger partial charge is 0.376 e. The van der Waals surface area contributed by atoms with E-state index in [4.69, 9.17) is 4.74 Å². The SMILES string of the molecule is CCc1ccccc1Nc1cc(C(=O)NCC2CCCO2)nc(C)n1. The van der Waals surface area contributed by atoms with Gasteiger partial charge in [-0.25, -0.2) is 9.97 Å². The standard InChI is InChI=1S/C19H24N4O2/c1-3-14-7-4-5-9-16(14)23-18-11-17(21-13(2)22-18)19(24)20-12-15-8-6-10-25-15/h4-5,7,9,11,15H,3,6,8,10,12H2,1-2H3,(H,20,24)(H,21,22,23). The highest BCUT2D eigenvalue weighted by atomic mass is 16.5. The fourth-order valence-electron chi connectivity index (χ4n) is 2.94. The number of aromatic nitrogens is 2. The van der Waals surface area contributed by atoms with E-state index in [0.717, 1.165) is 31.6 Å². The Bertz CT molecular complexity index is 742. The number of hydrogen-bond acceptors (Lipinski definition) is 5. The van der Waals surface area contributed by atoms with Crippen LogP contribution in [0.2, 0.25) is 0 Å². The predicted molar refractivity (Wildman–Crippen MR) is 97.2 cm³/mol. The number of nitrogens with one attached hydrogen (secondary N) is 2. The summed E-state index contributed by atoms with van der Waals surface area (Å²) in [5, 5.41) is 6.20. The second-order valence-corrected chi connectivity index (χ2v) is 6.17. The van der Waals surface area contributed by atoms with Crippen molar-refractivity contribution in [1.29, 1.82) is 0 Å². The Morgan fingerprint density at radius 2 is 2.16 bits per heavy atom. The van der Waals surface area contributed by atoms with Crippen molar-refractivity contribution in [1.82, 2.24) is 15.3 Å². The minimum absolute atomic E-state index is 0.112. The van der Waals surface area contributed by atoms with E-state index < -0.39 is 0 Å². The van der Waals surface area contributed by atoms with Gasteiger partial charge in [0.1, 0.15) is 17.3 Å². The highest BCUT2D eigenvalue weighted by Gasteiger charge is 2.18. The number of benzene rings is 1. The average Bonchev–Trinajstić information content (AvgIpc) is 3.13. The van der Waals surface area contributed by atoms with Crippen molar-refractivity contribution in [3.05, 3.63) is 47.4 Å². The molecule has 2 N–H and O–H groups in total. The van der Waals surface area contributed by atoms with Crippen LogP contribution in [0.3, 0.4) is 0 Å². The lowest BCUT2D eigenvalue weighted by atomic mass is 10.1. The number of aryl methyl sites for hydroxylation is 2. The predicted octanol–water partition coefficient (Wildman–Crippen LogP) is 3.00. The molecule has 1 unspecified atom stereocenters. The Kier molecular flexibility index (Phi) is 5.60. The monoisotopic (exact) mass is 340 g/mol. The summed E-state index contributed by atoms with van der Waals surface area (Å²) >= 11 is 0. The van der Waals surface area contributed by atoms with Gasteiger partial charge in [-0.2, -0.15) is 0 Å². The minimum Gasteiger partial charge on any atom is -0.376 e. The molecule has 132 valence electrons. The molecular weight excluding hydrogens is 316 g/mol. The molecule has 1 saturated heterocycles. The van der Waals surface area contributed by atoms with Crippen LogP contribution < -0.4 is 10.6 Å². The molecule has 1 atom stereocenters. The third-order valence-corrected chi connectivity index (χ3v) is 4.25. The zero-order valence-electron chi connectivity index (χ0n) is 14.7. The Labute approximate surface area is 148 Å². The second kappa shape index (κ2) is 8.07. The van der Waals surface area contributed by atoms with Crippen molar-refractivity contribution < 1.29 is 9.53 Å². The lowest BCUT2D eigenvalue weighted by molar-refractivity contribution is 0.0853. The molecule has 1 aliphatic heterocycles. The van der Waals surface area contributed by atoms with E-state index in [0.29, 0.717) is 23.9 Å². The van der Waals surface area contributed by atoms with E-state index in [-0.39, 0.29) is 12.0 Å². The van der Waals surface area contributed by atoms with Crippen molar-refractivity contribution in [2.75, 3.05) is 18.5 Å². The summed E-state index contributed by atoms with van der Waals surface area (Å²) in [5.41, 5.74) is 2.55. The molecule has 0 saturated carbocycles. The molecule has 1 aliphatic rings. The summed E-state index contributed by atoms with van der Waals surface area (Å²) in [7, 11) is 0. The molecule has 1 aromatic carbocycles. The Balaban J connectivity index is 1.72. The van der Waals surface area contributed by atoms with Gasteiger partial charge in [-0.15, -0.1) is 0 Å². The van der Waals surface area contributed by atoms with Crippen LogP contribution in [0.25, 0.3) is 0 Å². The van der Waals surface area contributed by atoms with Gasteiger partial charge in [0.25, 0.3) is 5.91 Å². The van der Waals surface area contributed by atoms with Crippen molar-refractivity contribution in [3.8, 4) is 0 Å². The molecule has 1 amide bonds. The number of para-hydroxylation sites is 1. The van der Waals surface area contributed by atoms with Gasteiger partial charge in [0.05, 0.1) is 6.10 Å². The molecule has 0 aliphatic carbocycles. The molecule has 0 bridgehead atoms. The first-order chi connectivity index (χ1) is 12.2. The van der Waals surface area contributed by atoms with E-state index in [1.807, 2.05) is 18.2 Å². The van der Waals surface area contributed by atoms with E-state index in [9.17, 15) is 4.79 Å². The normalized spacial score (nSPS) is 16.6. The zero-order valence-corrected chi connectivity index (χ0v) is 14.7. The van der Waals surface area contributed by atoms with Crippen molar-refractivity contribution >= 4 is 17.4 Å². The van der Waals surface area contributed by atoms with Crippen LogP contribution in [0.4, 0.5) is 11.5 Å². The number of carbonyl (C=O) groups is 1. The quantitative estimate of drug-likeness (QED) is 0.845. The Morgan fingerprint density at radius 3 is 2.92 bits per heavy atom. The number of amides is 1. The van der Waals surface area contributed by atoms with Crippen LogP contribution in [0, 0.1) is 6.92 Å². The van der Waals surface area contributed by atoms with Gasteiger partial charge in [-0.3, -0.25) is 4.79 Å². The highest BCUT2D eigenvalue weighted by molar-refractivity contribution is 5.93. The summed E-state index contributed by atoms with van der Waals surface area (Å²) in [5.74, 6) is 0.977. The molecule has 2 heterocycles. The van der Waals surface area contributed by atoms with E-state index >= 15 is 0 Å². The lowest BCUT2D eigenvalue weighted by Gasteiger charge is -2.13. The van der Waals surface area contributed by atoms with Gasteiger partial charge in [-0.1, -0.05) is 25.1 Å². The third kappa shape index (κ3) is 4.54. The molecular formula is C19H24N4O2. The second-order valence-electron chi connectivity index (χ2n) is 6.17. The number of nitrogens with zero attached hydrogens (tertiary/aromatic N) is 2. The highest BCUT2D eigenvalue weighted by Crippen LogP contribution is 2.20. The Morgan fingerprint density at radius 1 is 1.32 bits per heavy atom. The van der Waals surface area contributed by atoms with Crippen LogP contribution in [-0.2, 0) is 11.2 Å². The molecule has 6 nitrogen and oxygen atoms in total. The fraction of sp³-hybridized carbons (Fsp3) is 0.421. The molecule has 3 rings (SSSR count). The third-order valence-electron chi connectivity index (χ3n) is 4.25. The van der Waals surface area contributed by atoms with Crippen LogP contribution in [0.5, 0.6) is 0 Å². The van der Waals surface area contributed by atoms with E-state index in [1.165, 1.54) is 5.56 Å². The number of ether oxygens (including phenoxy) is 1. The maximum absolute atomic E-state index is 12.4. The average molecular weight is 340 g/mol. The number of rotatable bonds is 6. The summed E-state index contributed by atoms with van der Waals surface area (Å²) in [6.45, 7) is 5.19. The van der Waals surface area contributed by atoms with Gasteiger partial charge in [0.2, 0.25) is 0 Å². The van der Waals surface area contributed by atoms with Crippen molar-refractivity contribution in [2.45, 2.75) is 39.2 Å². The van der Waals surface area contributed by atoms with Crippen LogP contribution in [0.1, 0.15) is 41.6 Å². The maximum Gasteiger partial charge on any atom is 0.270 e. The molecule has 1 fully saturated rings. The van der Waals surface area contributed by atoms with Gasteiger partial charge in [0, 0.05) is 24.9 Å². The minimum atomic E-state index is -0.201. The van der Waals surface area contributed by atoms with Gasteiger partial charge in [0.15, 0.2) is 0 Å². The van der Waals surface area contributed by atoms with E-state index in [1.54, 1.807) is 13.0 Å². The van der Waals surface area contributed by atoms with Crippen molar-refractivity contribution in [3.63, 3.8) is 0 Å². The van der Waals surface area contributed by atoms with Gasteiger partial charge in [-0.05, 0) is 37.8 Å². The van der Waals surface area contributed by atoms with Crippen LogP contribution in [-0.4, -0.2) is 35.1 Å². The molecule has 2 aromatic rings. The zero-order chi connectivity index (χ0) is 17.6. The fourth-order valence-corrected chi connectivity index (χ4v) is 2.94. The maximum atomic E-state index is 12.4. The Hall–Kier alpha value is -2.47. The summed E-state index contributed by atoms with van der Waals surface area (Å²) in [6, 6.07) is 9.76. The first-order valence-corrected chi connectivity index (χ1v) is 8.76. The molecule has 1 aromatic heterocycles.